The lowest BCUT2D eigenvalue weighted by Crippen LogP contribution is -2.40. The van der Waals surface area contributed by atoms with Crippen molar-refractivity contribution in [3.05, 3.63) is 16.3 Å². The number of carbonyl (C=O) groups excluding carboxylic acids is 1. The minimum absolute atomic E-state index is 0.167. The third kappa shape index (κ3) is 2.50. The first kappa shape index (κ1) is 13.0. The number of rotatable bonds is 2. The van der Waals surface area contributed by atoms with Gasteiger partial charge >= 0.3 is 0 Å². The minimum atomic E-state index is 0.167. The van der Waals surface area contributed by atoms with E-state index in [4.69, 9.17) is 5.73 Å². The minimum Gasteiger partial charge on any atom is -0.397 e. The molecule has 0 radical (unpaired) electrons. The largest absolute Gasteiger partial charge is 0.397 e. The number of nitrogens with two attached hydrogens (primary N) is 1. The van der Waals surface area contributed by atoms with Crippen molar-refractivity contribution in [1.29, 1.82) is 0 Å². The molecule has 1 amide bonds. The van der Waals surface area contributed by atoms with E-state index in [2.05, 4.69) is 4.90 Å². The summed E-state index contributed by atoms with van der Waals surface area (Å²) < 4.78 is 0. The van der Waals surface area contributed by atoms with Crippen LogP contribution in [0.15, 0.2) is 11.4 Å². The van der Waals surface area contributed by atoms with Gasteiger partial charge in [-0.05, 0) is 43.0 Å². The van der Waals surface area contributed by atoms with Gasteiger partial charge in [-0.15, -0.1) is 11.3 Å². The number of nitrogen functional groups attached to an aromatic ring is 1. The molecule has 1 saturated carbocycles. The summed E-state index contributed by atoms with van der Waals surface area (Å²) in [5, 5.41) is 1.91. The van der Waals surface area contributed by atoms with Crippen molar-refractivity contribution in [3.63, 3.8) is 0 Å². The Balaban J connectivity index is 1.75. The van der Waals surface area contributed by atoms with Gasteiger partial charge in [-0.1, -0.05) is 19.3 Å². The third-order valence-electron chi connectivity index (χ3n) is 4.64. The molecule has 1 aromatic heterocycles. The van der Waals surface area contributed by atoms with Crippen molar-refractivity contribution in [3.8, 4) is 0 Å². The van der Waals surface area contributed by atoms with Crippen LogP contribution >= 0.6 is 11.3 Å². The van der Waals surface area contributed by atoms with Gasteiger partial charge in [-0.3, -0.25) is 4.79 Å². The van der Waals surface area contributed by atoms with E-state index in [0.717, 1.165) is 23.8 Å². The Bertz CT molecular complexity index is 451. The maximum absolute atomic E-state index is 12.6. The highest BCUT2D eigenvalue weighted by atomic mass is 32.1. The predicted molar refractivity (Wildman–Crippen MR) is 79.4 cm³/mol. The molecule has 0 bridgehead atoms. The van der Waals surface area contributed by atoms with Crippen LogP contribution in [-0.4, -0.2) is 23.4 Å². The molecular formula is C15H22N2OS. The van der Waals surface area contributed by atoms with Crippen LogP contribution in [0.2, 0.25) is 0 Å². The molecule has 19 heavy (non-hydrogen) atoms. The fourth-order valence-electron chi connectivity index (χ4n) is 3.68. The van der Waals surface area contributed by atoms with Crippen molar-refractivity contribution in [1.82, 2.24) is 4.90 Å². The second-order valence-electron chi connectivity index (χ2n) is 5.81. The second-order valence-corrected chi connectivity index (χ2v) is 6.73. The number of nitrogens with zero attached hydrogens (tertiary/aromatic N) is 1. The summed E-state index contributed by atoms with van der Waals surface area (Å²) in [4.78, 5) is 15.5. The van der Waals surface area contributed by atoms with E-state index >= 15 is 0 Å². The van der Waals surface area contributed by atoms with Gasteiger partial charge in [0.05, 0.1) is 5.69 Å². The highest BCUT2D eigenvalue weighted by Crippen LogP contribution is 2.36. The van der Waals surface area contributed by atoms with Crippen molar-refractivity contribution in [2.45, 2.75) is 51.0 Å². The molecule has 104 valence electrons. The number of hydrogen-bond donors (Lipinski definition) is 1. The molecule has 2 fully saturated rings. The zero-order valence-electron chi connectivity index (χ0n) is 11.3. The molecule has 4 heteroatoms. The Morgan fingerprint density at radius 3 is 2.68 bits per heavy atom. The molecule has 1 atom stereocenters. The van der Waals surface area contributed by atoms with E-state index in [-0.39, 0.29) is 5.91 Å². The lowest BCUT2D eigenvalue weighted by atomic mass is 9.83. The van der Waals surface area contributed by atoms with Gasteiger partial charge in [0.2, 0.25) is 0 Å². The first-order chi connectivity index (χ1) is 9.27. The molecule has 0 aromatic carbocycles. The Labute approximate surface area is 118 Å². The van der Waals surface area contributed by atoms with Gasteiger partial charge in [0.15, 0.2) is 0 Å². The van der Waals surface area contributed by atoms with Crippen molar-refractivity contribution < 1.29 is 4.79 Å². The van der Waals surface area contributed by atoms with Gasteiger partial charge in [-0.2, -0.15) is 0 Å². The normalized spacial score (nSPS) is 24.8. The van der Waals surface area contributed by atoms with Crippen LogP contribution in [0.4, 0.5) is 5.69 Å². The maximum Gasteiger partial charge on any atom is 0.266 e. The molecule has 3 rings (SSSR count). The fourth-order valence-corrected chi connectivity index (χ4v) is 4.45. The zero-order valence-corrected chi connectivity index (χ0v) is 12.1. The fraction of sp³-hybridized carbons (Fsp3) is 0.667. The summed E-state index contributed by atoms with van der Waals surface area (Å²) in [6, 6.07) is 2.30. The first-order valence-corrected chi connectivity index (χ1v) is 8.29. The third-order valence-corrected chi connectivity index (χ3v) is 5.56. The molecular weight excluding hydrogens is 256 g/mol. The number of likely N-dealkylation sites (tertiary alicyclic amines) is 1. The summed E-state index contributed by atoms with van der Waals surface area (Å²) in [5.74, 6) is 0.891. The number of thiophene rings is 1. The van der Waals surface area contributed by atoms with Crippen LogP contribution in [0.1, 0.15) is 54.6 Å². The quantitative estimate of drug-likeness (QED) is 0.899. The molecule has 3 nitrogen and oxygen atoms in total. The van der Waals surface area contributed by atoms with Gasteiger partial charge in [-0.25, -0.2) is 0 Å². The van der Waals surface area contributed by atoms with E-state index in [1.807, 2.05) is 11.4 Å². The predicted octanol–water partition coefficient (Wildman–Crippen LogP) is 3.52. The van der Waals surface area contributed by atoms with Crippen molar-refractivity contribution in [2.75, 3.05) is 12.3 Å². The molecule has 1 aromatic rings. The average molecular weight is 278 g/mol. The van der Waals surface area contributed by atoms with Gasteiger partial charge in [0.25, 0.3) is 5.91 Å². The number of hydrogen-bond acceptors (Lipinski definition) is 3. The molecule has 1 unspecified atom stereocenters. The van der Waals surface area contributed by atoms with Gasteiger partial charge in [0, 0.05) is 12.6 Å². The molecule has 0 spiro atoms. The molecule has 2 aliphatic rings. The summed E-state index contributed by atoms with van der Waals surface area (Å²) in [6.07, 6.45) is 8.98. The van der Waals surface area contributed by atoms with E-state index in [1.165, 1.54) is 49.9 Å². The Morgan fingerprint density at radius 2 is 2.00 bits per heavy atom. The van der Waals surface area contributed by atoms with Crippen LogP contribution in [-0.2, 0) is 0 Å². The number of anilines is 1. The first-order valence-electron chi connectivity index (χ1n) is 7.41. The van der Waals surface area contributed by atoms with E-state index in [0.29, 0.717) is 11.7 Å². The summed E-state index contributed by atoms with van der Waals surface area (Å²) >= 11 is 1.48. The summed E-state index contributed by atoms with van der Waals surface area (Å²) in [6.45, 7) is 0.914. The Morgan fingerprint density at radius 1 is 1.21 bits per heavy atom. The summed E-state index contributed by atoms with van der Waals surface area (Å²) in [7, 11) is 0. The monoisotopic (exact) mass is 278 g/mol. The molecule has 2 heterocycles. The zero-order chi connectivity index (χ0) is 13.2. The second kappa shape index (κ2) is 5.53. The maximum atomic E-state index is 12.6. The Kier molecular flexibility index (Phi) is 3.78. The van der Waals surface area contributed by atoms with Crippen LogP contribution < -0.4 is 5.73 Å². The van der Waals surface area contributed by atoms with Crippen LogP contribution in [0, 0.1) is 5.92 Å². The topological polar surface area (TPSA) is 46.3 Å². The standard InChI is InChI=1S/C15H22N2OS/c16-12-8-10-19-14(12)15(18)17-9-4-7-13(17)11-5-2-1-3-6-11/h8,10-11,13H,1-7,9,16H2. The lowest BCUT2D eigenvalue weighted by Gasteiger charge is -2.34. The highest BCUT2D eigenvalue weighted by Gasteiger charge is 2.36. The average Bonchev–Trinajstić information content (AvgIpc) is 3.07. The van der Waals surface area contributed by atoms with Crippen LogP contribution in [0.5, 0.6) is 0 Å². The summed E-state index contributed by atoms with van der Waals surface area (Å²) in [5.41, 5.74) is 6.54. The molecule has 1 aliphatic heterocycles. The number of amides is 1. The highest BCUT2D eigenvalue weighted by molar-refractivity contribution is 7.12. The van der Waals surface area contributed by atoms with Crippen LogP contribution in [0.3, 0.4) is 0 Å². The molecule has 1 saturated heterocycles. The van der Waals surface area contributed by atoms with Gasteiger partial charge < -0.3 is 10.6 Å². The van der Waals surface area contributed by atoms with Gasteiger partial charge in [0.1, 0.15) is 4.88 Å². The van der Waals surface area contributed by atoms with E-state index < -0.39 is 0 Å². The smallest absolute Gasteiger partial charge is 0.266 e. The van der Waals surface area contributed by atoms with E-state index in [9.17, 15) is 4.79 Å². The van der Waals surface area contributed by atoms with E-state index in [1.54, 1.807) is 0 Å². The number of carbonyl (C=O) groups is 1. The van der Waals surface area contributed by atoms with Crippen molar-refractivity contribution in [2.24, 2.45) is 5.92 Å². The molecule has 2 N–H and O–H groups in total. The Hall–Kier alpha value is -1.03. The SMILES string of the molecule is Nc1ccsc1C(=O)N1CCCC1C1CCCCC1. The van der Waals surface area contributed by atoms with Crippen LogP contribution in [0.25, 0.3) is 0 Å². The molecule has 1 aliphatic carbocycles. The van der Waals surface area contributed by atoms with Crippen molar-refractivity contribution >= 4 is 22.9 Å². The lowest BCUT2D eigenvalue weighted by molar-refractivity contribution is 0.0667.